The van der Waals surface area contributed by atoms with E-state index >= 15 is 0 Å². The first-order valence-corrected chi connectivity index (χ1v) is 5.68. The quantitative estimate of drug-likeness (QED) is 0.674. The van der Waals surface area contributed by atoms with E-state index in [1.807, 2.05) is 0 Å². The van der Waals surface area contributed by atoms with E-state index in [9.17, 15) is 9.59 Å². The lowest BCUT2D eigenvalue weighted by Crippen LogP contribution is -2.19. The van der Waals surface area contributed by atoms with Gasteiger partial charge in [-0.05, 0) is 19.1 Å². The molecule has 2 rings (SSSR count). The van der Waals surface area contributed by atoms with Crippen LogP contribution in [-0.2, 0) is 4.74 Å². The lowest BCUT2D eigenvalue weighted by molar-refractivity contribution is 0.152. The Kier molecular flexibility index (Phi) is 3.92. The van der Waals surface area contributed by atoms with Gasteiger partial charge in [0.25, 0.3) is 0 Å². The van der Waals surface area contributed by atoms with Crippen molar-refractivity contribution in [1.82, 2.24) is 5.43 Å². The van der Waals surface area contributed by atoms with Gasteiger partial charge in [-0.15, -0.1) is 0 Å². The first kappa shape index (κ1) is 12.8. The van der Waals surface area contributed by atoms with Gasteiger partial charge in [-0.2, -0.15) is 5.10 Å². The molecular weight excluding hydrogens is 248 g/mol. The molecule has 98 valence electrons. The number of ether oxygens (including phenoxy) is 1. The molecule has 1 N–H and O–H groups in total. The first-order chi connectivity index (χ1) is 9.22. The molecule has 0 aliphatic heterocycles. The smallest absolute Gasteiger partial charge is 0.427 e. The maximum atomic E-state index is 12.0. The molecule has 1 amide bonds. The highest BCUT2D eigenvalue weighted by molar-refractivity contribution is 5.86. The number of amides is 1. The van der Waals surface area contributed by atoms with E-state index in [0.717, 1.165) is 0 Å². The Balaban J connectivity index is 2.22. The van der Waals surface area contributed by atoms with Crippen molar-refractivity contribution in [2.45, 2.75) is 6.92 Å². The average molecular weight is 260 g/mol. The molecule has 0 atom stereocenters. The predicted molar refractivity (Wildman–Crippen MR) is 70.2 cm³/mol. The SMILES string of the molecule is CCOC(=O)N/N=C/c1coc2ccccc2c1=O. The molecule has 0 saturated carbocycles. The summed E-state index contributed by atoms with van der Waals surface area (Å²) in [7, 11) is 0. The molecule has 6 heteroatoms. The Hall–Kier alpha value is -2.63. The fraction of sp³-hybridized carbons (Fsp3) is 0.154. The number of carbonyl (C=O) groups is 1. The van der Waals surface area contributed by atoms with E-state index in [1.54, 1.807) is 31.2 Å². The molecule has 6 nitrogen and oxygen atoms in total. The highest BCUT2D eigenvalue weighted by atomic mass is 16.5. The summed E-state index contributed by atoms with van der Waals surface area (Å²) >= 11 is 0. The van der Waals surface area contributed by atoms with Crippen LogP contribution in [-0.4, -0.2) is 18.9 Å². The molecule has 19 heavy (non-hydrogen) atoms. The molecule has 0 radical (unpaired) electrons. The summed E-state index contributed by atoms with van der Waals surface area (Å²) in [6, 6.07) is 6.89. The van der Waals surface area contributed by atoms with Crippen LogP contribution in [0.1, 0.15) is 12.5 Å². The third-order valence-electron chi connectivity index (χ3n) is 2.34. The molecule has 0 bridgehead atoms. The van der Waals surface area contributed by atoms with Crippen molar-refractivity contribution in [3.05, 3.63) is 46.3 Å². The largest absolute Gasteiger partial charge is 0.463 e. The second-order valence-electron chi connectivity index (χ2n) is 3.61. The normalized spacial score (nSPS) is 10.8. The van der Waals surface area contributed by atoms with E-state index in [2.05, 4.69) is 15.3 Å². The number of hydrazone groups is 1. The number of hydrogen-bond acceptors (Lipinski definition) is 5. The van der Waals surface area contributed by atoms with Crippen molar-refractivity contribution in [2.24, 2.45) is 5.10 Å². The lowest BCUT2D eigenvalue weighted by Gasteiger charge is -1.99. The van der Waals surface area contributed by atoms with Crippen molar-refractivity contribution >= 4 is 23.3 Å². The molecule has 0 unspecified atom stereocenters. The number of benzene rings is 1. The van der Waals surface area contributed by atoms with Crippen LogP contribution in [0.15, 0.2) is 44.8 Å². The Morgan fingerprint density at radius 1 is 1.47 bits per heavy atom. The van der Waals surface area contributed by atoms with Crippen LogP contribution >= 0.6 is 0 Å². The van der Waals surface area contributed by atoms with E-state index in [0.29, 0.717) is 11.0 Å². The monoisotopic (exact) mass is 260 g/mol. The van der Waals surface area contributed by atoms with Gasteiger partial charge in [0.15, 0.2) is 0 Å². The summed E-state index contributed by atoms with van der Waals surface area (Å²) in [5, 5.41) is 4.08. The number of carbonyl (C=O) groups excluding carboxylic acids is 1. The van der Waals surface area contributed by atoms with Crippen LogP contribution in [0.25, 0.3) is 11.0 Å². The molecule has 0 saturated heterocycles. The summed E-state index contributed by atoms with van der Waals surface area (Å²) in [5.74, 6) is 0. The summed E-state index contributed by atoms with van der Waals surface area (Å²) in [6.07, 6.45) is 1.83. The zero-order valence-corrected chi connectivity index (χ0v) is 10.3. The van der Waals surface area contributed by atoms with E-state index < -0.39 is 6.09 Å². The van der Waals surface area contributed by atoms with Crippen LogP contribution in [0.2, 0.25) is 0 Å². The number of nitrogens with one attached hydrogen (secondary N) is 1. The van der Waals surface area contributed by atoms with E-state index in [1.165, 1.54) is 12.5 Å². The highest BCUT2D eigenvalue weighted by Crippen LogP contribution is 2.09. The molecular formula is C13H12N2O4. The Labute approximate surface area is 108 Å². The number of rotatable bonds is 3. The predicted octanol–water partition coefficient (Wildman–Crippen LogP) is 1.87. The lowest BCUT2D eigenvalue weighted by atomic mass is 10.2. The van der Waals surface area contributed by atoms with Crippen molar-refractivity contribution in [3.8, 4) is 0 Å². The zero-order valence-electron chi connectivity index (χ0n) is 10.3. The maximum absolute atomic E-state index is 12.0. The van der Waals surface area contributed by atoms with Crippen LogP contribution in [0.4, 0.5) is 4.79 Å². The number of fused-ring (bicyclic) bond motifs is 1. The topological polar surface area (TPSA) is 80.9 Å². The van der Waals surface area contributed by atoms with Crippen LogP contribution < -0.4 is 10.9 Å². The molecule has 0 aliphatic carbocycles. The second kappa shape index (κ2) is 5.81. The Morgan fingerprint density at radius 2 is 2.26 bits per heavy atom. The Bertz CT molecular complexity index is 676. The molecule has 1 heterocycles. The standard InChI is InChI=1S/C13H12N2O4/c1-2-18-13(17)15-14-7-9-8-19-11-6-4-3-5-10(11)12(9)16/h3-8H,2H2,1H3,(H,15,17)/b14-7+. The van der Waals surface area contributed by atoms with Gasteiger partial charge in [0.1, 0.15) is 11.8 Å². The number of nitrogens with zero attached hydrogens (tertiary/aromatic N) is 1. The minimum Gasteiger partial charge on any atom is -0.463 e. The second-order valence-corrected chi connectivity index (χ2v) is 3.61. The van der Waals surface area contributed by atoms with Gasteiger partial charge in [0.05, 0.1) is 23.8 Å². The zero-order chi connectivity index (χ0) is 13.7. The number of hydrogen-bond donors (Lipinski definition) is 1. The van der Waals surface area contributed by atoms with Gasteiger partial charge in [-0.25, -0.2) is 10.2 Å². The molecule has 0 spiro atoms. The average Bonchev–Trinajstić information content (AvgIpc) is 2.42. The maximum Gasteiger partial charge on any atom is 0.427 e. The summed E-state index contributed by atoms with van der Waals surface area (Å²) < 4.78 is 9.91. The summed E-state index contributed by atoms with van der Waals surface area (Å²) in [4.78, 5) is 23.0. The fourth-order valence-corrected chi connectivity index (χ4v) is 1.50. The minimum absolute atomic E-state index is 0.212. The van der Waals surface area contributed by atoms with Crippen molar-refractivity contribution in [3.63, 3.8) is 0 Å². The van der Waals surface area contributed by atoms with Gasteiger partial charge >= 0.3 is 6.09 Å². The van der Waals surface area contributed by atoms with E-state index in [-0.39, 0.29) is 17.6 Å². The third-order valence-corrected chi connectivity index (χ3v) is 2.34. The summed E-state index contributed by atoms with van der Waals surface area (Å²) in [6.45, 7) is 1.93. The Morgan fingerprint density at radius 3 is 3.05 bits per heavy atom. The van der Waals surface area contributed by atoms with Gasteiger partial charge in [0.2, 0.25) is 5.43 Å². The van der Waals surface area contributed by atoms with Gasteiger partial charge in [-0.1, -0.05) is 12.1 Å². The third kappa shape index (κ3) is 2.98. The minimum atomic E-state index is -0.677. The van der Waals surface area contributed by atoms with Crippen LogP contribution in [0.5, 0.6) is 0 Å². The van der Waals surface area contributed by atoms with Crippen LogP contribution in [0, 0.1) is 0 Å². The van der Waals surface area contributed by atoms with Gasteiger partial charge < -0.3 is 9.15 Å². The number of para-hydroxylation sites is 1. The van der Waals surface area contributed by atoms with E-state index in [4.69, 9.17) is 4.42 Å². The fourth-order valence-electron chi connectivity index (χ4n) is 1.50. The summed E-state index contributed by atoms with van der Waals surface area (Å²) in [5.41, 5.74) is 2.67. The van der Waals surface area contributed by atoms with Crippen LogP contribution in [0.3, 0.4) is 0 Å². The van der Waals surface area contributed by atoms with Gasteiger partial charge in [0, 0.05) is 0 Å². The molecule has 2 aromatic rings. The van der Waals surface area contributed by atoms with Crippen molar-refractivity contribution in [1.29, 1.82) is 0 Å². The molecule has 1 aromatic carbocycles. The first-order valence-electron chi connectivity index (χ1n) is 5.68. The molecule has 1 aromatic heterocycles. The molecule has 0 aliphatic rings. The van der Waals surface area contributed by atoms with Crippen molar-refractivity contribution in [2.75, 3.05) is 6.61 Å². The highest BCUT2D eigenvalue weighted by Gasteiger charge is 2.04. The molecule has 0 fully saturated rings. The van der Waals surface area contributed by atoms with Crippen molar-refractivity contribution < 1.29 is 13.9 Å². The van der Waals surface area contributed by atoms with Gasteiger partial charge in [-0.3, -0.25) is 4.79 Å².